The number of nitrogens with one attached hydrogen (secondary N) is 1. The summed E-state index contributed by atoms with van der Waals surface area (Å²) in [6.45, 7) is 2.85. The van der Waals surface area contributed by atoms with Crippen LogP contribution in [0.15, 0.2) is 36.5 Å². The Kier molecular flexibility index (Phi) is 5.97. The van der Waals surface area contributed by atoms with E-state index in [1.807, 2.05) is 6.07 Å². The first-order valence-electron chi connectivity index (χ1n) is 6.89. The SMILES string of the molecule is CCCNC(Cc1ccc(Cl)cc1Cl)c1ncccc1F. The second-order valence-corrected chi connectivity index (χ2v) is 5.66. The lowest BCUT2D eigenvalue weighted by atomic mass is 10.0. The van der Waals surface area contributed by atoms with Crippen molar-refractivity contribution in [2.75, 3.05) is 6.54 Å². The standard InChI is InChI=1S/C16H17Cl2FN2/c1-2-7-20-15(16-14(19)4-3-8-21-16)9-11-5-6-12(17)10-13(11)18/h3-6,8,10,15,20H,2,7,9H2,1H3. The molecule has 0 saturated carbocycles. The molecule has 112 valence electrons. The van der Waals surface area contributed by atoms with Gasteiger partial charge in [0.2, 0.25) is 0 Å². The van der Waals surface area contributed by atoms with Gasteiger partial charge in [-0.1, -0.05) is 36.2 Å². The first kappa shape index (κ1) is 16.2. The summed E-state index contributed by atoms with van der Waals surface area (Å²) in [7, 11) is 0. The van der Waals surface area contributed by atoms with Crippen LogP contribution in [-0.2, 0) is 6.42 Å². The third kappa shape index (κ3) is 4.40. The molecule has 0 saturated heterocycles. The van der Waals surface area contributed by atoms with Crippen LogP contribution in [0.3, 0.4) is 0 Å². The average Bonchev–Trinajstić information content (AvgIpc) is 2.46. The zero-order chi connectivity index (χ0) is 15.2. The van der Waals surface area contributed by atoms with Crippen LogP contribution in [0, 0.1) is 5.82 Å². The molecule has 0 aliphatic heterocycles. The highest BCUT2D eigenvalue weighted by Crippen LogP contribution is 2.26. The Labute approximate surface area is 134 Å². The summed E-state index contributed by atoms with van der Waals surface area (Å²) < 4.78 is 14.0. The highest BCUT2D eigenvalue weighted by atomic mass is 35.5. The first-order chi connectivity index (χ1) is 10.1. The van der Waals surface area contributed by atoms with Gasteiger partial charge in [0.25, 0.3) is 0 Å². The van der Waals surface area contributed by atoms with E-state index in [-0.39, 0.29) is 11.9 Å². The molecule has 1 unspecified atom stereocenters. The van der Waals surface area contributed by atoms with Gasteiger partial charge in [0.15, 0.2) is 0 Å². The van der Waals surface area contributed by atoms with Crippen molar-refractivity contribution in [3.8, 4) is 0 Å². The number of benzene rings is 1. The van der Waals surface area contributed by atoms with E-state index in [1.165, 1.54) is 6.07 Å². The van der Waals surface area contributed by atoms with Crippen molar-refractivity contribution >= 4 is 23.2 Å². The number of hydrogen-bond acceptors (Lipinski definition) is 2. The van der Waals surface area contributed by atoms with Crippen molar-refractivity contribution in [1.29, 1.82) is 0 Å². The molecule has 5 heteroatoms. The van der Waals surface area contributed by atoms with Crippen LogP contribution in [0.25, 0.3) is 0 Å². The van der Waals surface area contributed by atoms with E-state index in [4.69, 9.17) is 23.2 Å². The van der Waals surface area contributed by atoms with E-state index < -0.39 is 0 Å². The van der Waals surface area contributed by atoms with E-state index in [0.29, 0.717) is 22.2 Å². The van der Waals surface area contributed by atoms with Gasteiger partial charge in [0.1, 0.15) is 5.82 Å². The van der Waals surface area contributed by atoms with E-state index in [0.717, 1.165) is 18.5 Å². The zero-order valence-corrected chi connectivity index (χ0v) is 13.3. The smallest absolute Gasteiger partial charge is 0.146 e. The van der Waals surface area contributed by atoms with Gasteiger partial charge >= 0.3 is 0 Å². The van der Waals surface area contributed by atoms with Crippen molar-refractivity contribution in [1.82, 2.24) is 10.3 Å². The minimum atomic E-state index is -0.309. The summed E-state index contributed by atoms with van der Waals surface area (Å²) in [5, 5.41) is 4.50. The van der Waals surface area contributed by atoms with Crippen LogP contribution in [-0.4, -0.2) is 11.5 Å². The lowest BCUT2D eigenvalue weighted by molar-refractivity contribution is 0.483. The second-order valence-electron chi connectivity index (χ2n) is 4.82. The summed E-state index contributed by atoms with van der Waals surface area (Å²) in [6, 6.07) is 8.15. The summed E-state index contributed by atoms with van der Waals surface area (Å²) in [4.78, 5) is 4.17. The fraction of sp³-hybridized carbons (Fsp3) is 0.312. The van der Waals surface area contributed by atoms with Crippen LogP contribution >= 0.6 is 23.2 Å². The van der Waals surface area contributed by atoms with E-state index in [2.05, 4.69) is 17.2 Å². The minimum Gasteiger partial charge on any atom is -0.308 e. The van der Waals surface area contributed by atoms with Crippen molar-refractivity contribution in [3.05, 3.63) is 63.6 Å². The van der Waals surface area contributed by atoms with Crippen LogP contribution in [0.1, 0.15) is 30.6 Å². The third-order valence-electron chi connectivity index (χ3n) is 3.20. The van der Waals surface area contributed by atoms with Crippen molar-refractivity contribution < 1.29 is 4.39 Å². The van der Waals surface area contributed by atoms with Gasteiger partial charge in [-0.25, -0.2) is 4.39 Å². The fourth-order valence-corrected chi connectivity index (χ4v) is 2.63. The largest absolute Gasteiger partial charge is 0.308 e. The summed E-state index contributed by atoms with van der Waals surface area (Å²) in [5.41, 5.74) is 1.33. The summed E-state index contributed by atoms with van der Waals surface area (Å²) >= 11 is 12.1. The van der Waals surface area contributed by atoms with Gasteiger partial charge in [-0.2, -0.15) is 0 Å². The Morgan fingerprint density at radius 3 is 2.76 bits per heavy atom. The maximum absolute atomic E-state index is 14.0. The molecule has 0 radical (unpaired) electrons. The van der Waals surface area contributed by atoms with Gasteiger partial charge in [-0.15, -0.1) is 0 Å². The molecule has 0 aliphatic rings. The quantitative estimate of drug-likeness (QED) is 0.823. The predicted molar refractivity (Wildman–Crippen MR) is 85.4 cm³/mol. The topological polar surface area (TPSA) is 24.9 Å². The van der Waals surface area contributed by atoms with Gasteiger partial charge in [-0.3, -0.25) is 4.98 Å². The zero-order valence-electron chi connectivity index (χ0n) is 11.7. The minimum absolute atomic E-state index is 0.218. The number of hydrogen-bond donors (Lipinski definition) is 1. The molecule has 1 atom stereocenters. The van der Waals surface area contributed by atoms with E-state index >= 15 is 0 Å². The van der Waals surface area contributed by atoms with Crippen LogP contribution < -0.4 is 5.32 Å². The van der Waals surface area contributed by atoms with Crippen LogP contribution in [0.5, 0.6) is 0 Å². The molecule has 1 N–H and O–H groups in total. The molecule has 1 aromatic heterocycles. The van der Waals surface area contributed by atoms with Crippen LogP contribution in [0.4, 0.5) is 4.39 Å². The van der Waals surface area contributed by atoms with Gasteiger partial charge < -0.3 is 5.32 Å². The Hall–Kier alpha value is -1.16. The van der Waals surface area contributed by atoms with Crippen molar-refractivity contribution in [2.45, 2.75) is 25.8 Å². The molecule has 2 nitrogen and oxygen atoms in total. The lowest BCUT2D eigenvalue weighted by Gasteiger charge is -2.19. The molecule has 21 heavy (non-hydrogen) atoms. The second kappa shape index (κ2) is 7.74. The maximum atomic E-state index is 14.0. The number of halogens is 3. The first-order valence-corrected chi connectivity index (χ1v) is 7.65. The van der Waals surface area contributed by atoms with Gasteiger partial charge in [0, 0.05) is 16.2 Å². The Morgan fingerprint density at radius 1 is 1.29 bits per heavy atom. The lowest BCUT2D eigenvalue weighted by Crippen LogP contribution is -2.26. The molecule has 0 amide bonds. The van der Waals surface area contributed by atoms with Crippen LogP contribution in [0.2, 0.25) is 10.0 Å². The fourth-order valence-electron chi connectivity index (χ4n) is 2.15. The van der Waals surface area contributed by atoms with E-state index in [9.17, 15) is 4.39 Å². The predicted octanol–water partition coefficient (Wildman–Crippen LogP) is 4.81. The maximum Gasteiger partial charge on any atom is 0.146 e. The van der Waals surface area contributed by atoms with Gasteiger partial charge in [-0.05, 0) is 49.2 Å². The Balaban J connectivity index is 2.26. The Bertz CT molecular complexity index is 605. The number of pyridine rings is 1. The molecule has 1 aromatic carbocycles. The third-order valence-corrected chi connectivity index (χ3v) is 3.78. The summed E-state index contributed by atoms with van der Waals surface area (Å²) in [6.07, 6.45) is 3.12. The molecule has 2 rings (SSSR count). The van der Waals surface area contributed by atoms with Crippen molar-refractivity contribution in [3.63, 3.8) is 0 Å². The molecule has 1 heterocycles. The Morgan fingerprint density at radius 2 is 2.10 bits per heavy atom. The molecular weight excluding hydrogens is 310 g/mol. The highest BCUT2D eigenvalue weighted by Gasteiger charge is 2.18. The molecule has 0 bridgehead atoms. The molecule has 2 aromatic rings. The number of nitrogens with zero attached hydrogens (tertiary/aromatic N) is 1. The summed E-state index contributed by atoms with van der Waals surface area (Å²) in [5.74, 6) is -0.309. The highest BCUT2D eigenvalue weighted by molar-refractivity contribution is 6.35. The molecule has 0 aliphatic carbocycles. The molecular formula is C16H17Cl2FN2. The number of aromatic nitrogens is 1. The normalized spacial score (nSPS) is 12.4. The van der Waals surface area contributed by atoms with Crippen molar-refractivity contribution in [2.24, 2.45) is 0 Å². The molecule has 0 fully saturated rings. The average molecular weight is 327 g/mol. The molecule has 0 spiro atoms. The monoisotopic (exact) mass is 326 g/mol. The van der Waals surface area contributed by atoms with Gasteiger partial charge in [0.05, 0.1) is 11.7 Å². The van der Waals surface area contributed by atoms with E-state index in [1.54, 1.807) is 24.4 Å². The number of rotatable bonds is 6.